The van der Waals surface area contributed by atoms with Crippen molar-refractivity contribution in [3.8, 4) is 0 Å². The second kappa shape index (κ2) is 7.61. The van der Waals surface area contributed by atoms with E-state index in [9.17, 15) is 14.4 Å². The smallest absolute Gasteiger partial charge is 0.324 e. The molecular weight excluding hydrogens is 318 g/mol. The fraction of sp³-hybridized carbons (Fsp3) is 0.211. The molecule has 1 aliphatic rings. The molecule has 1 saturated heterocycles. The zero-order valence-corrected chi connectivity index (χ0v) is 13.7. The quantitative estimate of drug-likeness (QED) is 0.788. The number of urea groups is 1. The minimum absolute atomic E-state index is 0.00424. The SMILES string of the molecule is O=C(NCCc1ccccc1)c1ccccc1CN1C(=O)CNC1=O. The molecule has 6 heteroatoms. The number of amides is 4. The van der Waals surface area contributed by atoms with Crippen molar-refractivity contribution in [2.45, 2.75) is 13.0 Å². The third kappa shape index (κ3) is 4.03. The number of hydrogen-bond donors (Lipinski definition) is 2. The van der Waals surface area contributed by atoms with Gasteiger partial charge in [-0.05, 0) is 23.6 Å². The van der Waals surface area contributed by atoms with Gasteiger partial charge in [0.2, 0.25) is 5.91 Å². The normalized spacial score (nSPS) is 13.7. The second-order valence-corrected chi connectivity index (χ2v) is 5.79. The highest BCUT2D eigenvalue weighted by Gasteiger charge is 2.29. The maximum Gasteiger partial charge on any atom is 0.324 e. The molecule has 2 aromatic carbocycles. The fourth-order valence-electron chi connectivity index (χ4n) is 2.73. The van der Waals surface area contributed by atoms with Gasteiger partial charge in [-0.25, -0.2) is 4.79 Å². The standard InChI is InChI=1S/C19H19N3O3/c23-17-12-21-19(25)22(17)13-15-8-4-5-9-16(15)18(24)20-11-10-14-6-2-1-3-7-14/h1-9H,10-13H2,(H,20,24)(H,21,25). The third-order valence-electron chi connectivity index (χ3n) is 4.07. The number of imide groups is 1. The van der Waals surface area contributed by atoms with E-state index in [2.05, 4.69) is 10.6 Å². The molecule has 0 aliphatic carbocycles. The molecule has 0 atom stereocenters. The van der Waals surface area contributed by atoms with Gasteiger partial charge in [0.05, 0.1) is 13.1 Å². The van der Waals surface area contributed by atoms with Gasteiger partial charge in [0.25, 0.3) is 5.91 Å². The predicted molar refractivity (Wildman–Crippen MR) is 92.9 cm³/mol. The highest BCUT2D eigenvalue weighted by Crippen LogP contribution is 2.14. The first-order valence-electron chi connectivity index (χ1n) is 8.13. The van der Waals surface area contributed by atoms with E-state index in [0.29, 0.717) is 17.7 Å². The number of rotatable bonds is 6. The van der Waals surface area contributed by atoms with Gasteiger partial charge >= 0.3 is 6.03 Å². The minimum Gasteiger partial charge on any atom is -0.352 e. The Kier molecular flexibility index (Phi) is 5.09. The second-order valence-electron chi connectivity index (χ2n) is 5.79. The minimum atomic E-state index is -0.427. The van der Waals surface area contributed by atoms with E-state index in [-0.39, 0.29) is 24.9 Å². The number of nitrogens with one attached hydrogen (secondary N) is 2. The van der Waals surface area contributed by atoms with Crippen LogP contribution >= 0.6 is 0 Å². The van der Waals surface area contributed by atoms with Gasteiger partial charge in [0, 0.05) is 12.1 Å². The summed E-state index contributed by atoms with van der Waals surface area (Å²) in [6.45, 7) is 0.609. The molecule has 1 fully saturated rings. The van der Waals surface area contributed by atoms with Gasteiger partial charge in [0.1, 0.15) is 0 Å². The van der Waals surface area contributed by atoms with Crippen molar-refractivity contribution < 1.29 is 14.4 Å². The summed E-state index contributed by atoms with van der Waals surface area (Å²) in [7, 11) is 0. The van der Waals surface area contributed by atoms with Crippen molar-refractivity contribution in [2.24, 2.45) is 0 Å². The molecular formula is C19H19N3O3. The van der Waals surface area contributed by atoms with Crippen LogP contribution in [-0.4, -0.2) is 35.8 Å². The molecule has 0 aromatic heterocycles. The summed E-state index contributed by atoms with van der Waals surface area (Å²) in [5, 5.41) is 5.37. The molecule has 0 spiro atoms. The average molecular weight is 337 g/mol. The molecule has 0 saturated carbocycles. The summed E-state index contributed by atoms with van der Waals surface area (Å²) in [6.07, 6.45) is 0.738. The van der Waals surface area contributed by atoms with Crippen molar-refractivity contribution in [1.82, 2.24) is 15.5 Å². The maximum absolute atomic E-state index is 12.5. The first-order valence-corrected chi connectivity index (χ1v) is 8.13. The van der Waals surface area contributed by atoms with Crippen LogP contribution in [-0.2, 0) is 17.8 Å². The lowest BCUT2D eigenvalue weighted by Gasteiger charge is -2.15. The third-order valence-corrected chi connectivity index (χ3v) is 4.07. The van der Waals surface area contributed by atoms with Crippen molar-refractivity contribution in [3.05, 3.63) is 71.3 Å². The Hall–Kier alpha value is -3.15. The van der Waals surface area contributed by atoms with E-state index in [1.165, 1.54) is 0 Å². The lowest BCUT2D eigenvalue weighted by atomic mass is 10.1. The molecule has 25 heavy (non-hydrogen) atoms. The number of hydrogen-bond acceptors (Lipinski definition) is 3. The van der Waals surface area contributed by atoms with Crippen LogP contribution in [0.25, 0.3) is 0 Å². The molecule has 2 N–H and O–H groups in total. The van der Waals surface area contributed by atoms with Crippen molar-refractivity contribution in [2.75, 3.05) is 13.1 Å². The van der Waals surface area contributed by atoms with Gasteiger partial charge in [0.15, 0.2) is 0 Å². The average Bonchev–Trinajstić information content (AvgIpc) is 2.95. The molecule has 4 amide bonds. The zero-order valence-electron chi connectivity index (χ0n) is 13.7. The molecule has 0 radical (unpaired) electrons. The van der Waals surface area contributed by atoms with Crippen molar-refractivity contribution >= 4 is 17.8 Å². The molecule has 128 valence electrons. The Morgan fingerprint density at radius 2 is 1.76 bits per heavy atom. The van der Waals surface area contributed by atoms with Crippen LogP contribution in [0, 0.1) is 0 Å². The number of benzene rings is 2. The van der Waals surface area contributed by atoms with Crippen LogP contribution in [0.5, 0.6) is 0 Å². The fourth-order valence-corrected chi connectivity index (χ4v) is 2.73. The summed E-state index contributed by atoms with van der Waals surface area (Å²) in [4.78, 5) is 37.0. The maximum atomic E-state index is 12.5. The van der Waals surface area contributed by atoms with Crippen LogP contribution in [0.4, 0.5) is 4.79 Å². The number of carbonyl (C=O) groups excluding carboxylic acids is 3. The van der Waals surface area contributed by atoms with Crippen LogP contribution in [0.2, 0.25) is 0 Å². The summed E-state index contributed by atoms with van der Waals surface area (Å²) >= 11 is 0. The van der Waals surface area contributed by atoms with Gasteiger partial charge in [-0.2, -0.15) is 0 Å². The molecule has 0 bridgehead atoms. The van der Waals surface area contributed by atoms with E-state index >= 15 is 0 Å². The number of carbonyl (C=O) groups is 3. The highest BCUT2D eigenvalue weighted by atomic mass is 16.2. The molecule has 6 nitrogen and oxygen atoms in total. The van der Waals surface area contributed by atoms with Gasteiger partial charge < -0.3 is 10.6 Å². The Balaban J connectivity index is 1.64. The highest BCUT2D eigenvalue weighted by molar-refractivity contribution is 6.02. The molecule has 1 heterocycles. The van der Waals surface area contributed by atoms with Gasteiger partial charge in [-0.3, -0.25) is 14.5 Å². The van der Waals surface area contributed by atoms with E-state index in [0.717, 1.165) is 16.9 Å². The first kappa shape index (κ1) is 16.7. The van der Waals surface area contributed by atoms with E-state index in [1.54, 1.807) is 24.3 Å². The molecule has 3 rings (SSSR count). The molecule has 1 aliphatic heterocycles. The van der Waals surface area contributed by atoms with Crippen LogP contribution in [0.1, 0.15) is 21.5 Å². The molecule has 2 aromatic rings. The van der Waals surface area contributed by atoms with E-state index < -0.39 is 6.03 Å². The summed E-state index contributed by atoms with van der Waals surface area (Å²) in [6, 6.07) is 16.5. The van der Waals surface area contributed by atoms with Crippen LogP contribution in [0.15, 0.2) is 54.6 Å². The van der Waals surface area contributed by atoms with Crippen molar-refractivity contribution in [3.63, 3.8) is 0 Å². The Bertz CT molecular complexity index is 774. The van der Waals surface area contributed by atoms with E-state index in [4.69, 9.17) is 0 Å². The lowest BCUT2D eigenvalue weighted by molar-refractivity contribution is -0.125. The zero-order chi connectivity index (χ0) is 17.6. The topological polar surface area (TPSA) is 78.5 Å². The lowest BCUT2D eigenvalue weighted by Crippen LogP contribution is -2.32. The van der Waals surface area contributed by atoms with Crippen LogP contribution in [0.3, 0.4) is 0 Å². The monoisotopic (exact) mass is 337 g/mol. The summed E-state index contributed by atoms with van der Waals surface area (Å²) in [5.74, 6) is -0.497. The van der Waals surface area contributed by atoms with Crippen LogP contribution < -0.4 is 10.6 Å². The summed E-state index contributed by atoms with van der Waals surface area (Å²) in [5.41, 5.74) is 2.27. The largest absolute Gasteiger partial charge is 0.352 e. The Morgan fingerprint density at radius 1 is 1.04 bits per heavy atom. The predicted octanol–water partition coefficient (Wildman–Crippen LogP) is 1.71. The first-order chi connectivity index (χ1) is 12.1. The van der Waals surface area contributed by atoms with Crippen molar-refractivity contribution in [1.29, 1.82) is 0 Å². The van der Waals surface area contributed by atoms with Gasteiger partial charge in [-0.15, -0.1) is 0 Å². The summed E-state index contributed by atoms with van der Waals surface area (Å²) < 4.78 is 0. The Labute approximate surface area is 145 Å². The van der Waals surface area contributed by atoms with E-state index in [1.807, 2.05) is 30.3 Å². The van der Waals surface area contributed by atoms with Gasteiger partial charge in [-0.1, -0.05) is 48.5 Å². The number of nitrogens with zero attached hydrogens (tertiary/aromatic N) is 1. The Morgan fingerprint density at radius 3 is 2.48 bits per heavy atom. The molecule has 0 unspecified atom stereocenters.